The lowest BCUT2D eigenvalue weighted by Gasteiger charge is -2.25. The maximum atomic E-state index is 12.6. The molecule has 1 unspecified atom stereocenters. The molecule has 0 saturated carbocycles. The van der Waals surface area contributed by atoms with E-state index in [9.17, 15) is 9.90 Å². The van der Waals surface area contributed by atoms with Gasteiger partial charge in [0, 0.05) is 11.4 Å². The van der Waals surface area contributed by atoms with E-state index in [2.05, 4.69) is 0 Å². The van der Waals surface area contributed by atoms with Crippen LogP contribution in [0.25, 0.3) is 0 Å². The van der Waals surface area contributed by atoms with Crippen molar-refractivity contribution in [2.45, 2.75) is 23.8 Å². The predicted molar refractivity (Wildman–Crippen MR) is 94.0 cm³/mol. The van der Waals surface area contributed by atoms with E-state index in [0.29, 0.717) is 10.8 Å². The Morgan fingerprint density at radius 2 is 1.96 bits per heavy atom. The van der Waals surface area contributed by atoms with E-state index in [1.54, 1.807) is 12.1 Å². The third-order valence-corrected chi connectivity index (χ3v) is 5.54. The van der Waals surface area contributed by atoms with Crippen LogP contribution < -0.4 is 0 Å². The van der Waals surface area contributed by atoms with Crippen LogP contribution >= 0.6 is 23.4 Å². The lowest BCUT2D eigenvalue weighted by atomic mass is 10.0. The van der Waals surface area contributed by atoms with Gasteiger partial charge in [0.25, 0.3) is 0 Å². The Morgan fingerprint density at radius 3 is 2.70 bits per heavy atom. The first kappa shape index (κ1) is 16.2. The second-order valence-electron chi connectivity index (χ2n) is 5.56. The molecule has 0 radical (unpaired) electrons. The fourth-order valence-electron chi connectivity index (χ4n) is 2.89. The molecule has 1 N–H and O–H groups in total. The highest BCUT2D eigenvalue weighted by molar-refractivity contribution is 8.00. The lowest BCUT2D eigenvalue weighted by molar-refractivity contribution is -0.129. The number of likely N-dealkylation sites (tertiary alicyclic amines) is 1. The Morgan fingerprint density at radius 1 is 1.22 bits per heavy atom. The Kier molecular flexibility index (Phi) is 5.13. The van der Waals surface area contributed by atoms with Crippen LogP contribution in [0.5, 0.6) is 5.75 Å². The van der Waals surface area contributed by atoms with Gasteiger partial charge < -0.3 is 10.0 Å². The number of phenols is 1. The molecular formula is C18H18ClNO2S. The predicted octanol–water partition coefficient (Wildman–Crippen LogP) is 4.50. The van der Waals surface area contributed by atoms with E-state index in [0.717, 1.165) is 29.8 Å². The number of carbonyl (C=O) groups excluding carboxylic acids is 1. The van der Waals surface area contributed by atoms with Crippen molar-refractivity contribution in [1.82, 2.24) is 4.90 Å². The highest BCUT2D eigenvalue weighted by atomic mass is 35.5. The molecule has 1 saturated heterocycles. The Bertz CT molecular complexity index is 690. The molecule has 1 amide bonds. The number of rotatable bonds is 4. The summed E-state index contributed by atoms with van der Waals surface area (Å²) in [5.74, 6) is 0.766. The SMILES string of the molecule is O=C(CSc1ccccc1Cl)N1CCCC1c1ccc(O)cc1. The maximum absolute atomic E-state index is 12.6. The van der Waals surface area contributed by atoms with Gasteiger partial charge in [0.1, 0.15) is 5.75 Å². The minimum atomic E-state index is 0.106. The van der Waals surface area contributed by atoms with Gasteiger partial charge in [-0.2, -0.15) is 0 Å². The molecule has 1 aliphatic rings. The quantitative estimate of drug-likeness (QED) is 0.828. The highest BCUT2D eigenvalue weighted by Crippen LogP contribution is 2.34. The van der Waals surface area contributed by atoms with E-state index in [1.807, 2.05) is 41.3 Å². The van der Waals surface area contributed by atoms with Crippen LogP contribution in [0, 0.1) is 0 Å². The second-order valence-corrected chi connectivity index (χ2v) is 6.98. The van der Waals surface area contributed by atoms with Gasteiger partial charge in [-0.15, -0.1) is 11.8 Å². The molecule has 1 fully saturated rings. The summed E-state index contributed by atoms with van der Waals surface area (Å²) in [7, 11) is 0. The number of amides is 1. The first-order valence-corrected chi connectivity index (χ1v) is 8.97. The molecule has 1 atom stereocenters. The number of halogens is 1. The summed E-state index contributed by atoms with van der Waals surface area (Å²) in [4.78, 5) is 15.5. The van der Waals surface area contributed by atoms with Gasteiger partial charge in [-0.3, -0.25) is 4.79 Å². The summed E-state index contributed by atoms with van der Waals surface area (Å²) in [5, 5.41) is 10.1. The van der Waals surface area contributed by atoms with Crippen molar-refractivity contribution in [1.29, 1.82) is 0 Å². The third-order valence-electron chi connectivity index (χ3n) is 4.04. The van der Waals surface area contributed by atoms with E-state index in [1.165, 1.54) is 11.8 Å². The zero-order chi connectivity index (χ0) is 16.2. The van der Waals surface area contributed by atoms with Gasteiger partial charge in [-0.05, 0) is 42.7 Å². The molecule has 1 aliphatic heterocycles. The van der Waals surface area contributed by atoms with E-state index >= 15 is 0 Å². The summed E-state index contributed by atoms with van der Waals surface area (Å²) in [6.45, 7) is 0.785. The average molecular weight is 348 g/mol. The van der Waals surface area contributed by atoms with Crippen LogP contribution in [-0.2, 0) is 4.79 Å². The number of phenolic OH excluding ortho intramolecular Hbond substituents is 1. The summed E-state index contributed by atoms with van der Waals surface area (Å²) in [6.07, 6.45) is 1.97. The summed E-state index contributed by atoms with van der Waals surface area (Å²) >= 11 is 7.62. The summed E-state index contributed by atoms with van der Waals surface area (Å²) in [5.41, 5.74) is 1.08. The van der Waals surface area contributed by atoms with Crippen LogP contribution in [-0.4, -0.2) is 28.2 Å². The standard InChI is InChI=1S/C18H18ClNO2S/c19-15-4-1-2-6-17(15)23-12-18(22)20-11-3-5-16(20)13-7-9-14(21)10-8-13/h1-2,4,6-10,16,21H,3,5,11-12H2. The number of carbonyl (C=O) groups is 1. The lowest BCUT2D eigenvalue weighted by Crippen LogP contribution is -2.31. The maximum Gasteiger partial charge on any atom is 0.233 e. The smallest absolute Gasteiger partial charge is 0.233 e. The molecule has 0 spiro atoms. The normalized spacial score (nSPS) is 17.4. The van der Waals surface area contributed by atoms with E-state index < -0.39 is 0 Å². The first-order valence-electron chi connectivity index (χ1n) is 7.61. The average Bonchev–Trinajstić information content (AvgIpc) is 3.04. The number of benzene rings is 2. The number of thioether (sulfide) groups is 1. The highest BCUT2D eigenvalue weighted by Gasteiger charge is 2.29. The van der Waals surface area contributed by atoms with Gasteiger partial charge in [0.2, 0.25) is 5.91 Å². The minimum absolute atomic E-state index is 0.106. The molecule has 3 rings (SSSR count). The first-order chi connectivity index (χ1) is 11.1. The molecule has 0 aromatic heterocycles. The minimum Gasteiger partial charge on any atom is -0.508 e. The Labute approximate surface area is 145 Å². The van der Waals surface area contributed by atoms with Gasteiger partial charge in [-0.25, -0.2) is 0 Å². The molecule has 3 nitrogen and oxygen atoms in total. The number of hydrogen-bond donors (Lipinski definition) is 1. The topological polar surface area (TPSA) is 40.5 Å². The number of nitrogens with zero attached hydrogens (tertiary/aromatic N) is 1. The number of hydrogen-bond acceptors (Lipinski definition) is 3. The monoisotopic (exact) mass is 347 g/mol. The fourth-order valence-corrected chi connectivity index (χ4v) is 4.02. The Balaban J connectivity index is 1.66. The van der Waals surface area contributed by atoms with E-state index in [-0.39, 0.29) is 17.7 Å². The van der Waals surface area contributed by atoms with Gasteiger partial charge in [0.15, 0.2) is 0 Å². The molecule has 2 aromatic rings. The molecule has 2 aromatic carbocycles. The fraction of sp³-hybridized carbons (Fsp3) is 0.278. The van der Waals surface area contributed by atoms with Crippen LogP contribution in [0.15, 0.2) is 53.4 Å². The van der Waals surface area contributed by atoms with E-state index in [4.69, 9.17) is 11.6 Å². The van der Waals surface area contributed by atoms with Crippen molar-refractivity contribution in [2.24, 2.45) is 0 Å². The van der Waals surface area contributed by atoms with Crippen molar-refractivity contribution in [3.63, 3.8) is 0 Å². The third kappa shape index (κ3) is 3.82. The second kappa shape index (κ2) is 7.28. The molecule has 0 bridgehead atoms. The van der Waals surface area contributed by atoms with Crippen molar-refractivity contribution in [2.75, 3.05) is 12.3 Å². The molecule has 1 heterocycles. The molecular weight excluding hydrogens is 330 g/mol. The number of aromatic hydroxyl groups is 1. The molecule has 120 valence electrons. The van der Waals surface area contributed by atoms with Crippen molar-refractivity contribution >= 4 is 29.3 Å². The van der Waals surface area contributed by atoms with Gasteiger partial charge in [0.05, 0.1) is 16.8 Å². The molecule has 23 heavy (non-hydrogen) atoms. The van der Waals surface area contributed by atoms with Crippen LogP contribution in [0.4, 0.5) is 0 Å². The van der Waals surface area contributed by atoms with Crippen molar-refractivity contribution in [3.8, 4) is 5.75 Å². The van der Waals surface area contributed by atoms with Gasteiger partial charge >= 0.3 is 0 Å². The molecule has 5 heteroatoms. The zero-order valence-corrected chi connectivity index (χ0v) is 14.2. The largest absolute Gasteiger partial charge is 0.508 e. The zero-order valence-electron chi connectivity index (χ0n) is 12.6. The summed E-state index contributed by atoms with van der Waals surface area (Å²) in [6, 6.07) is 14.8. The van der Waals surface area contributed by atoms with Crippen molar-refractivity contribution < 1.29 is 9.90 Å². The summed E-state index contributed by atoms with van der Waals surface area (Å²) < 4.78 is 0. The van der Waals surface area contributed by atoms with Crippen molar-refractivity contribution in [3.05, 3.63) is 59.1 Å². The Hall–Kier alpha value is -1.65. The van der Waals surface area contributed by atoms with Crippen LogP contribution in [0.1, 0.15) is 24.4 Å². The molecule has 0 aliphatic carbocycles. The van der Waals surface area contributed by atoms with Crippen LogP contribution in [0.3, 0.4) is 0 Å². The van der Waals surface area contributed by atoms with Crippen LogP contribution in [0.2, 0.25) is 5.02 Å². The van der Waals surface area contributed by atoms with Gasteiger partial charge in [-0.1, -0.05) is 35.9 Å².